The van der Waals surface area contributed by atoms with E-state index in [2.05, 4.69) is 0 Å². The van der Waals surface area contributed by atoms with E-state index in [1.807, 2.05) is 47.4 Å². The van der Waals surface area contributed by atoms with Gasteiger partial charge in [0.05, 0.1) is 33.1 Å². The third-order valence-electron chi connectivity index (χ3n) is 5.76. The van der Waals surface area contributed by atoms with E-state index >= 15 is 0 Å². The molecule has 1 aliphatic rings. The van der Waals surface area contributed by atoms with E-state index in [4.69, 9.17) is 13.9 Å². The van der Waals surface area contributed by atoms with Crippen LogP contribution < -0.4 is 9.47 Å². The van der Waals surface area contributed by atoms with E-state index in [-0.39, 0.29) is 30.2 Å². The van der Waals surface area contributed by atoms with Gasteiger partial charge in [0.25, 0.3) is 5.91 Å². The fourth-order valence-electron chi connectivity index (χ4n) is 4.16. The van der Waals surface area contributed by atoms with Crippen molar-refractivity contribution in [2.75, 3.05) is 34.4 Å². The molecule has 0 spiro atoms. The first-order valence-corrected chi connectivity index (χ1v) is 10.4. The number of furan rings is 1. The predicted octanol–water partition coefficient (Wildman–Crippen LogP) is 3.54. The fourth-order valence-corrected chi connectivity index (χ4v) is 4.16. The van der Waals surface area contributed by atoms with Gasteiger partial charge in [-0.3, -0.25) is 9.59 Å². The molecule has 32 heavy (non-hydrogen) atoms. The monoisotopic (exact) mass is 434 g/mol. The van der Waals surface area contributed by atoms with Crippen LogP contribution in [-0.2, 0) is 11.2 Å². The zero-order valence-corrected chi connectivity index (χ0v) is 18.4. The van der Waals surface area contributed by atoms with Gasteiger partial charge in [-0.1, -0.05) is 30.3 Å². The minimum atomic E-state index is -0.330. The van der Waals surface area contributed by atoms with Gasteiger partial charge in [-0.2, -0.15) is 0 Å². The minimum absolute atomic E-state index is 0.0501. The zero-order chi connectivity index (χ0) is 22.7. The summed E-state index contributed by atoms with van der Waals surface area (Å²) in [7, 11) is 4.82. The highest BCUT2D eigenvalue weighted by Crippen LogP contribution is 2.41. The van der Waals surface area contributed by atoms with Crippen LogP contribution >= 0.6 is 0 Å². The van der Waals surface area contributed by atoms with Gasteiger partial charge in [-0.15, -0.1) is 0 Å². The smallest absolute Gasteiger partial charge is 0.289 e. The fraction of sp³-hybridized carbons (Fsp3) is 0.280. The number of nitrogens with zero attached hydrogens (tertiary/aromatic N) is 2. The molecule has 0 aliphatic carbocycles. The molecular weight excluding hydrogens is 408 g/mol. The van der Waals surface area contributed by atoms with Crippen LogP contribution in [-0.4, -0.2) is 56.0 Å². The lowest BCUT2D eigenvalue weighted by Crippen LogP contribution is -2.46. The van der Waals surface area contributed by atoms with Crippen LogP contribution in [0.5, 0.6) is 11.5 Å². The van der Waals surface area contributed by atoms with E-state index in [0.717, 1.165) is 16.7 Å². The zero-order valence-electron chi connectivity index (χ0n) is 18.4. The number of fused-ring (bicyclic) bond motifs is 1. The number of ether oxygens (including phenoxy) is 2. The molecule has 7 heteroatoms. The lowest BCUT2D eigenvalue weighted by atomic mass is 9.87. The number of rotatable bonds is 6. The van der Waals surface area contributed by atoms with Crippen LogP contribution in [0.4, 0.5) is 0 Å². The molecule has 1 aliphatic heterocycles. The summed E-state index contributed by atoms with van der Waals surface area (Å²) in [6, 6.07) is 16.8. The van der Waals surface area contributed by atoms with Gasteiger partial charge in [0.2, 0.25) is 5.91 Å². The summed E-state index contributed by atoms with van der Waals surface area (Å²) in [6.07, 6.45) is 2.12. The van der Waals surface area contributed by atoms with Crippen molar-refractivity contribution in [3.63, 3.8) is 0 Å². The maximum absolute atomic E-state index is 13.4. The molecule has 0 saturated heterocycles. The van der Waals surface area contributed by atoms with E-state index in [0.29, 0.717) is 24.5 Å². The highest BCUT2D eigenvalue weighted by Gasteiger charge is 2.34. The summed E-state index contributed by atoms with van der Waals surface area (Å²) in [5, 5.41) is 0. The number of carbonyl (C=O) groups excluding carboxylic acids is 2. The van der Waals surface area contributed by atoms with Crippen molar-refractivity contribution >= 4 is 11.8 Å². The Bertz CT molecular complexity index is 1100. The van der Waals surface area contributed by atoms with Crippen molar-refractivity contribution in [3.8, 4) is 11.5 Å². The molecule has 0 saturated carbocycles. The number of benzene rings is 2. The average Bonchev–Trinajstić information content (AvgIpc) is 3.37. The molecule has 0 radical (unpaired) electrons. The van der Waals surface area contributed by atoms with Crippen LogP contribution in [0.3, 0.4) is 0 Å². The van der Waals surface area contributed by atoms with E-state index in [9.17, 15) is 9.59 Å². The van der Waals surface area contributed by atoms with Crippen molar-refractivity contribution in [2.24, 2.45) is 0 Å². The third kappa shape index (κ3) is 4.06. The Labute approximate surface area is 187 Å². The van der Waals surface area contributed by atoms with Crippen molar-refractivity contribution in [1.29, 1.82) is 0 Å². The molecule has 0 N–H and O–H groups in total. The number of hydrogen-bond donors (Lipinski definition) is 0. The summed E-state index contributed by atoms with van der Waals surface area (Å²) in [5.74, 6) is 1.03. The van der Waals surface area contributed by atoms with Crippen molar-refractivity contribution in [1.82, 2.24) is 9.80 Å². The highest BCUT2D eigenvalue weighted by molar-refractivity contribution is 5.94. The highest BCUT2D eigenvalue weighted by atomic mass is 16.5. The van der Waals surface area contributed by atoms with Gasteiger partial charge in [-0.25, -0.2) is 0 Å². The molecule has 7 nitrogen and oxygen atoms in total. The maximum atomic E-state index is 13.4. The lowest BCUT2D eigenvalue weighted by Gasteiger charge is -2.39. The first-order chi connectivity index (χ1) is 15.5. The Morgan fingerprint density at radius 3 is 2.44 bits per heavy atom. The molecule has 4 rings (SSSR count). The average molecular weight is 434 g/mol. The molecule has 1 atom stereocenters. The normalized spacial score (nSPS) is 15.1. The van der Waals surface area contributed by atoms with E-state index in [1.54, 1.807) is 33.4 Å². The second kappa shape index (κ2) is 9.18. The number of likely N-dealkylation sites (N-methyl/N-ethyl adjacent to an activating group) is 1. The first kappa shape index (κ1) is 21.5. The molecule has 1 aromatic heterocycles. The van der Waals surface area contributed by atoms with Crippen LogP contribution in [0.2, 0.25) is 0 Å². The lowest BCUT2D eigenvalue weighted by molar-refractivity contribution is -0.133. The van der Waals surface area contributed by atoms with Crippen molar-refractivity contribution in [2.45, 2.75) is 12.5 Å². The molecule has 1 unspecified atom stereocenters. The quantitative estimate of drug-likeness (QED) is 0.593. The summed E-state index contributed by atoms with van der Waals surface area (Å²) in [5.41, 5.74) is 3.10. The van der Waals surface area contributed by atoms with Gasteiger partial charge in [0, 0.05) is 13.6 Å². The minimum Gasteiger partial charge on any atom is -0.493 e. The molecule has 0 bridgehead atoms. The summed E-state index contributed by atoms with van der Waals surface area (Å²) in [6.45, 7) is 0.481. The largest absolute Gasteiger partial charge is 0.493 e. The van der Waals surface area contributed by atoms with Crippen LogP contribution in [0.25, 0.3) is 0 Å². The summed E-state index contributed by atoms with van der Waals surface area (Å²) < 4.78 is 16.2. The Kier molecular flexibility index (Phi) is 6.16. The summed E-state index contributed by atoms with van der Waals surface area (Å²) in [4.78, 5) is 29.2. The van der Waals surface area contributed by atoms with Gasteiger partial charge >= 0.3 is 0 Å². The Hall–Kier alpha value is -3.74. The number of hydrogen-bond acceptors (Lipinski definition) is 5. The summed E-state index contributed by atoms with van der Waals surface area (Å²) >= 11 is 0. The van der Waals surface area contributed by atoms with Crippen molar-refractivity contribution in [3.05, 3.63) is 83.3 Å². The molecule has 2 amide bonds. The van der Waals surface area contributed by atoms with Crippen molar-refractivity contribution < 1.29 is 23.5 Å². The number of methoxy groups -OCH3 is 2. The van der Waals surface area contributed by atoms with Gasteiger partial charge in [0.15, 0.2) is 17.3 Å². The molecular formula is C25H26N2O5. The van der Waals surface area contributed by atoms with Crippen LogP contribution in [0, 0.1) is 0 Å². The predicted molar refractivity (Wildman–Crippen MR) is 119 cm³/mol. The SMILES string of the molecule is COc1cc2c(cc1OC)C(c1ccccc1)N(C(=O)CN(C)C(=O)c1ccco1)CC2. The second-order valence-corrected chi connectivity index (χ2v) is 7.69. The van der Waals surface area contributed by atoms with E-state index in [1.165, 1.54) is 11.2 Å². The number of amides is 2. The standard InChI is InChI=1S/C25H26N2O5/c1-26(25(29)20-10-7-13-32-20)16-23(28)27-12-11-18-14-21(30-2)22(31-3)15-19(18)24(27)17-8-5-4-6-9-17/h4-10,13-15,24H,11-12,16H2,1-3H3. The first-order valence-electron chi connectivity index (χ1n) is 10.4. The molecule has 0 fully saturated rings. The van der Waals surface area contributed by atoms with Crippen LogP contribution in [0.1, 0.15) is 33.3 Å². The topological polar surface area (TPSA) is 72.2 Å². The second-order valence-electron chi connectivity index (χ2n) is 7.69. The van der Waals surface area contributed by atoms with Crippen LogP contribution in [0.15, 0.2) is 65.3 Å². The Balaban J connectivity index is 1.67. The Morgan fingerprint density at radius 2 is 1.78 bits per heavy atom. The van der Waals surface area contributed by atoms with Gasteiger partial charge in [-0.05, 0) is 47.4 Å². The van der Waals surface area contributed by atoms with Gasteiger partial charge in [0.1, 0.15) is 0 Å². The molecule has 3 aromatic rings. The number of carbonyl (C=O) groups is 2. The molecule has 2 heterocycles. The Morgan fingerprint density at radius 1 is 1.06 bits per heavy atom. The maximum Gasteiger partial charge on any atom is 0.289 e. The van der Waals surface area contributed by atoms with Gasteiger partial charge < -0.3 is 23.7 Å². The van der Waals surface area contributed by atoms with E-state index < -0.39 is 0 Å². The third-order valence-corrected chi connectivity index (χ3v) is 5.76. The molecule has 2 aromatic carbocycles. The molecule has 166 valence electrons.